The number of aromatic nitrogens is 2. The number of likely N-dealkylation sites (tertiary alicyclic amines) is 1. The molecule has 1 aliphatic heterocycles. The molecule has 0 aromatic carbocycles. The fraction of sp³-hybridized carbons (Fsp3) is 0.471. The summed E-state index contributed by atoms with van der Waals surface area (Å²) in [5.41, 5.74) is 1.58. The van der Waals surface area contributed by atoms with Crippen LogP contribution in [0.15, 0.2) is 30.6 Å². The summed E-state index contributed by atoms with van der Waals surface area (Å²) in [5.74, 6) is -0.802. The van der Waals surface area contributed by atoms with Crippen molar-refractivity contribution in [2.75, 3.05) is 13.1 Å². The third-order valence-corrected chi connectivity index (χ3v) is 5.35. The van der Waals surface area contributed by atoms with Gasteiger partial charge in [0.15, 0.2) is 0 Å². The summed E-state index contributed by atoms with van der Waals surface area (Å²) >= 11 is 0. The van der Waals surface area contributed by atoms with Gasteiger partial charge in [-0.1, -0.05) is 6.07 Å². The largest absolute Gasteiger partial charge is 0.481 e. The zero-order chi connectivity index (χ0) is 16.0. The fourth-order valence-corrected chi connectivity index (χ4v) is 3.79. The molecule has 1 saturated heterocycles. The average Bonchev–Trinajstić information content (AvgIpc) is 3.08. The first-order valence-electron chi connectivity index (χ1n) is 8.01. The zero-order valence-electron chi connectivity index (χ0n) is 12.8. The van der Waals surface area contributed by atoms with Crippen molar-refractivity contribution in [2.24, 2.45) is 11.3 Å². The van der Waals surface area contributed by atoms with Crippen molar-refractivity contribution in [3.63, 3.8) is 0 Å². The number of carboxylic acid groups (broad SMARTS) is 1. The van der Waals surface area contributed by atoms with Gasteiger partial charge in [0.1, 0.15) is 5.65 Å². The van der Waals surface area contributed by atoms with E-state index in [2.05, 4.69) is 4.98 Å². The van der Waals surface area contributed by atoms with Crippen molar-refractivity contribution in [2.45, 2.75) is 25.7 Å². The van der Waals surface area contributed by atoms with Gasteiger partial charge >= 0.3 is 5.97 Å². The lowest BCUT2D eigenvalue weighted by Gasteiger charge is -2.32. The Labute approximate surface area is 133 Å². The molecule has 1 aliphatic carbocycles. The van der Waals surface area contributed by atoms with Crippen LogP contribution in [-0.2, 0) is 16.0 Å². The second kappa shape index (κ2) is 5.08. The molecular formula is C17H19N3O3. The summed E-state index contributed by atoms with van der Waals surface area (Å²) in [5, 5.41) is 9.12. The molecule has 2 fully saturated rings. The molecular weight excluding hydrogens is 294 g/mol. The first kappa shape index (κ1) is 14.2. The van der Waals surface area contributed by atoms with Crippen LogP contribution < -0.4 is 0 Å². The van der Waals surface area contributed by atoms with Crippen LogP contribution in [0.1, 0.15) is 25.0 Å². The third kappa shape index (κ3) is 2.48. The van der Waals surface area contributed by atoms with E-state index in [-0.39, 0.29) is 17.2 Å². The average molecular weight is 313 g/mol. The minimum atomic E-state index is -0.686. The topological polar surface area (TPSA) is 74.9 Å². The molecule has 1 spiro atoms. The molecule has 120 valence electrons. The van der Waals surface area contributed by atoms with Crippen LogP contribution in [0.4, 0.5) is 0 Å². The number of imidazole rings is 1. The number of aliphatic carboxylic acids is 1. The molecule has 2 aromatic heterocycles. The number of carbonyl (C=O) groups excluding carboxylic acids is 1. The molecule has 1 saturated carbocycles. The number of piperidine rings is 1. The Balaban J connectivity index is 1.38. The number of hydrogen-bond donors (Lipinski definition) is 1. The number of nitrogens with zero attached hydrogens (tertiary/aromatic N) is 3. The summed E-state index contributed by atoms with van der Waals surface area (Å²) in [7, 11) is 0. The highest BCUT2D eigenvalue weighted by atomic mass is 16.4. The van der Waals surface area contributed by atoms with E-state index < -0.39 is 5.97 Å². The number of carboxylic acids is 1. The maximum absolute atomic E-state index is 12.5. The predicted octanol–water partition coefficient (Wildman–Crippen LogP) is 1.59. The Morgan fingerprint density at radius 2 is 2.09 bits per heavy atom. The Bertz CT molecular complexity index is 741. The number of rotatable bonds is 3. The van der Waals surface area contributed by atoms with E-state index in [9.17, 15) is 9.59 Å². The molecule has 1 N–H and O–H groups in total. The molecule has 0 radical (unpaired) electrons. The van der Waals surface area contributed by atoms with E-state index in [4.69, 9.17) is 5.11 Å². The third-order valence-electron chi connectivity index (χ3n) is 5.35. The summed E-state index contributed by atoms with van der Waals surface area (Å²) in [6, 6.07) is 5.77. The van der Waals surface area contributed by atoms with Gasteiger partial charge in [-0.05, 0) is 36.8 Å². The van der Waals surface area contributed by atoms with E-state index in [0.29, 0.717) is 19.5 Å². The van der Waals surface area contributed by atoms with Gasteiger partial charge in [-0.15, -0.1) is 0 Å². The van der Waals surface area contributed by atoms with Gasteiger partial charge in [0.05, 0.1) is 18.0 Å². The van der Waals surface area contributed by atoms with Crippen molar-refractivity contribution in [1.82, 2.24) is 14.3 Å². The van der Waals surface area contributed by atoms with Gasteiger partial charge in [0.25, 0.3) is 0 Å². The molecule has 2 aliphatic rings. The van der Waals surface area contributed by atoms with E-state index in [0.717, 1.165) is 30.6 Å². The maximum Gasteiger partial charge on any atom is 0.307 e. The molecule has 2 aromatic rings. The van der Waals surface area contributed by atoms with Crippen LogP contribution in [0.5, 0.6) is 0 Å². The smallest absolute Gasteiger partial charge is 0.307 e. The zero-order valence-corrected chi connectivity index (χ0v) is 12.8. The molecule has 4 rings (SSSR count). The number of pyridine rings is 1. The first-order valence-corrected chi connectivity index (χ1v) is 8.01. The number of amides is 1. The molecule has 3 heterocycles. The van der Waals surface area contributed by atoms with Crippen molar-refractivity contribution in [1.29, 1.82) is 0 Å². The standard InChI is InChI=1S/C17H19N3O3/c21-15(9-12-11-20-6-2-1-3-14(20)18-12)19-7-4-17(5-8-19)10-13(17)16(22)23/h1-3,6,11,13H,4-5,7-10H2,(H,22,23). The van der Waals surface area contributed by atoms with E-state index >= 15 is 0 Å². The number of hydrogen-bond acceptors (Lipinski definition) is 3. The summed E-state index contributed by atoms with van der Waals surface area (Å²) in [6.07, 6.45) is 6.50. The molecule has 1 atom stereocenters. The summed E-state index contributed by atoms with van der Waals surface area (Å²) < 4.78 is 1.91. The molecule has 1 unspecified atom stereocenters. The number of carbonyl (C=O) groups is 2. The van der Waals surface area contributed by atoms with Crippen LogP contribution in [0.2, 0.25) is 0 Å². The minimum absolute atomic E-state index is 0.0360. The van der Waals surface area contributed by atoms with Crippen LogP contribution in [0.3, 0.4) is 0 Å². The highest BCUT2D eigenvalue weighted by molar-refractivity contribution is 5.79. The SMILES string of the molecule is O=C(O)C1CC12CCN(C(=O)Cc1cn3ccccc3n1)CC2. The van der Waals surface area contributed by atoms with Crippen molar-refractivity contribution in [3.8, 4) is 0 Å². The van der Waals surface area contributed by atoms with Gasteiger partial charge in [0.2, 0.25) is 5.91 Å². The van der Waals surface area contributed by atoms with Gasteiger partial charge < -0.3 is 14.4 Å². The predicted molar refractivity (Wildman–Crippen MR) is 82.9 cm³/mol. The van der Waals surface area contributed by atoms with Crippen molar-refractivity contribution >= 4 is 17.5 Å². The van der Waals surface area contributed by atoms with Gasteiger partial charge in [0, 0.05) is 25.5 Å². The Kier molecular flexibility index (Phi) is 3.14. The lowest BCUT2D eigenvalue weighted by molar-refractivity contribution is -0.139. The second-order valence-electron chi connectivity index (χ2n) is 6.71. The Morgan fingerprint density at radius 3 is 2.74 bits per heavy atom. The quantitative estimate of drug-likeness (QED) is 0.934. The molecule has 6 heteroatoms. The molecule has 6 nitrogen and oxygen atoms in total. The van der Waals surface area contributed by atoms with Crippen LogP contribution in [0, 0.1) is 11.3 Å². The lowest BCUT2D eigenvalue weighted by Crippen LogP contribution is -2.40. The number of fused-ring (bicyclic) bond motifs is 1. The Morgan fingerprint density at radius 1 is 1.30 bits per heavy atom. The first-order chi connectivity index (χ1) is 11.1. The van der Waals surface area contributed by atoms with Crippen molar-refractivity contribution < 1.29 is 14.7 Å². The fourth-order valence-electron chi connectivity index (χ4n) is 3.79. The van der Waals surface area contributed by atoms with E-state index in [1.165, 1.54) is 0 Å². The minimum Gasteiger partial charge on any atom is -0.481 e. The van der Waals surface area contributed by atoms with Crippen LogP contribution in [0.25, 0.3) is 5.65 Å². The van der Waals surface area contributed by atoms with Gasteiger partial charge in [-0.2, -0.15) is 0 Å². The molecule has 1 amide bonds. The monoisotopic (exact) mass is 313 g/mol. The molecule has 0 bridgehead atoms. The highest BCUT2D eigenvalue weighted by Gasteiger charge is 2.59. The highest BCUT2D eigenvalue weighted by Crippen LogP contribution is 2.59. The van der Waals surface area contributed by atoms with Crippen LogP contribution >= 0.6 is 0 Å². The summed E-state index contributed by atoms with van der Waals surface area (Å²) in [4.78, 5) is 29.9. The lowest BCUT2D eigenvalue weighted by atomic mass is 9.90. The normalized spacial score (nSPS) is 22.4. The van der Waals surface area contributed by atoms with Crippen LogP contribution in [-0.4, -0.2) is 44.4 Å². The van der Waals surface area contributed by atoms with Gasteiger partial charge in [-0.3, -0.25) is 9.59 Å². The summed E-state index contributed by atoms with van der Waals surface area (Å²) in [6.45, 7) is 1.33. The van der Waals surface area contributed by atoms with Gasteiger partial charge in [-0.25, -0.2) is 4.98 Å². The maximum atomic E-state index is 12.5. The Hall–Kier alpha value is -2.37. The second-order valence-corrected chi connectivity index (χ2v) is 6.71. The van der Waals surface area contributed by atoms with Crippen molar-refractivity contribution in [3.05, 3.63) is 36.3 Å². The van der Waals surface area contributed by atoms with E-state index in [1.54, 1.807) is 0 Å². The molecule has 23 heavy (non-hydrogen) atoms. The van der Waals surface area contributed by atoms with E-state index in [1.807, 2.05) is 39.9 Å².